The van der Waals surface area contributed by atoms with Crippen molar-refractivity contribution in [3.8, 4) is 0 Å². The molecule has 1 spiro atoms. The number of amides is 1. The quantitative estimate of drug-likeness (QED) is 0.806. The monoisotopic (exact) mass is 243 g/mol. The highest BCUT2D eigenvalue weighted by Crippen LogP contribution is 2.49. The van der Waals surface area contributed by atoms with Crippen LogP contribution in [0.2, 0.25) is 0 Å². The van der Waals surface area contributed by atoms with E-state index in [1.807, 2.05) is 0 Å². The normalized spacial score (nSPS) is 35.7. The Hall–Kier alpha value is -1.31. The van der Waals surface area contributed by atoms with E-state index in [2.05, 4.69) is 42.6 Å². The van der Waals surface area contributed by atoms with Gasteiger partial charge in [0.1, 0.15) is 0 Å². The van der Waals surface area contributed by atoms with Crippen LogP contribution in [0.3, 0.4) is 0 Å². The van der Waals surface area contributed by atoms with Crippen LogP contribution in [-0.2, 0) is 4.79 Å². The minimum atomic E-state index is 0.251. The summed E-state index contributed by atoms with van der Waals surface area (Å²) in [5, 5.41) is 3.09. The Balaban J connectivity index is 1.70. The molecule has 1 aliphatic carbocycles. The highest BCUT2D eigenvalue weighted by Gasteiger charge is 2.46. The van der Waals surface area contributed by atoms with Gasteiger partial charge >= 0.3 is 0 Å². The van der Waals surface area contributed by atoms with Gasteiger partial charge in [0.2, 0.25) is 5.91 Å². The van der Waals surface area contributed by atoms with Gasteiger partial charge in [0, 0.05) is 12.5 Å². The number of benzene rings is 1. The standard InChI is InChI=1S/C16H21NO/c1-12-16(11-15(18)17-12)9-7-14(8-10-16)13-5-3-2-4-6-13/h2-6,12,14H,7-11H2,1H3,(H,17,18). The number of hydrogen-bond acceptors (Lipinski definition) is 1. The summed E-state index contributed by atoms with van der Waals surface area (Å²) >= 11 is 0. The molecule has 2 heteroatoms. The molecule has 1 N–H and O–H groups in total. The van der Waals surface area contributed by atoms with E-state index in [0.717, 1.165) is 6.42 Å². The number of carbonyl (C=O) groups excluding carboxylic acids is 1. The highest BCUT2D eigenvalue weighted by molar-refractivity contribution is 5.79. The summed E-state index contributed by atoms with van der Waals surface area (Å²) < 4.78 is 0. The molecule has 0 aromatic heterocycles. The van der Waals surface area contributed by atoms with E-state index in [9.17, 15) is 4.79 Å². The molecule has 2 nitrogen and oxygen atoms in total. The molecule has 1 aromatic carbocycles. The summed E-state index contributed by atoms with van der Waals surface area (Å²) in [6, 6.07) is 11.2. The predicted molar refractivity (Wildman–Crippen MR) is 72.3 cm³/mol. The first-order valence-electron chi connectivity index (χ1n) is 7.04. The van der Waals surface area contributed by atoms with Crippen molar-refractivity contribution in [2.24, 2.45) is 5.41 Å². The van der Waals surface area contributed by atoms with E-state index in [1.165, 1.54) is 31.2 Å². The smallest absolute Gasteiger partial charge is 0.220 e. The van der Waals surface area contributed by atoms with Crippen molar-refractivity contribution >= 4 is 5.91 Å². The Kier molecular flexibility index (Phi) is 2.89. The lowest BCUT2D eigenvalue weighted by atomic mass is 9.65. The molecule has 0 bridgehead atoms. The van der Waals surface area contributed by atoms with E-state index in [1.54, 1.807) is 0 Å². The molecule has 2 fully saturated rings. The fraction of sp³-hybridized carbons (Fsp3) is 0.562. The molecule has 96 valence electrons. The fourth-order valence-electron chi connectivity index (χ4n) is 3.78. The van der Waals surface area contributed by atoms with Gasteiger partial charge in [0.25, 0.3) is 0 Å². The van der Waals surface area contributed by atoms with Crippen molar-refractivity contribution in [2.45, 2.75) is 51.0 Å². The van der Waals surface area contributed by atoms with Crippen molar-refractivity contribution < 1.29 is 4.79 Å². The Morgan fingerprint density at radius 3 is 2.39 bits per heavy atom. The lowest BCUT2D eigenvalue weighted by molar-refractivity contribution is -0.119. The first kappa shape index (κ1) is 11.8. The molecule has 1 unspecified atom stereocenters. The van der Waals surface area contributed by atoms with Crippen molar-refractivity contribution in [1.29, 1.82) is 0 Å². The molecule has 0 radical (unpaired) electrons. The Labute approximate surface area is 109 Å². The van der Waals surface area contributed by atoms with Crippen molar-refractivity contribution in [3.63, 3.8) is 0 Å². The Morgan fingerprint density at radius 1 is 1.17 bits per heavy atom. The van der Waals surface area contributed by atoms with Crippen LogP contribution in [-0.4, -0.2) is 11.9 Å². The van der Waals surface area contributed by atoms with Gasteiger partial charge in [-0.3, -0.25) is 4.79 Å². The molecule has 1 amide bonds. The van der Waals surface area contributed by atoms with Crippen LogP contribution in [0.25, 0.3) is 0 Å². The van der Waals surface area contributed by atoms with E-state index in [-0.39, 0.29) is 11.3 Å². The van der Waals surface area contributed by atoms with Gasteiger partial charge in [-0.05, 0) is 49.5 Å². The Bertz CT molecular complexity index is 432. The summed E-state index contributed by atoms with van der Waals surface area (Å²) in [5.74, 6) is 0.945. The largest absolute Gasteiger partial charge is 0.353 e. The third-order valence-electron chi connectivity index (χ3n) is 5.06. The lowest BCUT2D eigenvalue weighted by Crippen LogP contribution is -2.37. The van der Waals surface area contributed by atoms with Gasteiger partial charge in [-0.1, -0.05) is 30.3 Å². The molecule has 1 atom stereocenters. The van der Waals surface area contributed by atoms with E-state index >= 15 is 0 Å². The van der Waals surface area contributed by atoms with Crippen molar-refractivity contribution in [2.75, 3.05) is 0 Å². The van der Waals surface area contributed by atoms with Gasteiger partial charge in [-0.25, -0.2) is 0 Å². The molecule has 1 heterocycles. The maximum Gasteiger partial charge on any atom is 0.220 e. The minimum absolute atomic E-state index is 0.251. The second kappa shape index (κ2) is 4.42. The van der Waals surface area contributed by atoms with Crippen LogP contribution in [0.4, 0.5) is 0 Å². The van der Waals surface area contributed by atoms with Crippen LogP contribution < -0.4 is 5.32 Å². The molecule has 1 aliphatic heterocycles. The number of carbonyl (C=O) groups is 1. The molecule has 1 saturated heterocycles. The highest BCUT2D eigenvalue weighted by atomic mass is 16.2. The zero-order chi connectivity index (χ0) is 12.6. The molecule has 3 rings (SSSR count). The van der Waals surface area contributed by atoms with Gasteiger partial charge in [-0.15, -0.1) is 0 Å². The van der Waals surface area contributed by atoms with Gasteiger partial charge in [0.05, 0.1) is 0 Å². The maximum atomic E-state index is 11.6. The summed E-state index contributed by atoms with van der Waals surface area (Å²) in [4.78, 5) is 11.6. The maximum absolute atomic E-state index is 11.6. The first-order valence-corrected chi connectivity index (χ1v) is 7.04. The van der Waals surface area contributed by atoms with Crippen LogP contribution in [0.15, 0.2) is 30.3 Å². The second-order valence-corrected chi connectivity index (χ2v) is 6.01. The molecular formula is C16H21NO. The average Bonchev–Trinajstić information content (AvgIpc) is 2.66. The van der Waals surface area contributed by atoms with Crippen LogP contribution in [0.5, 0.6) is 0 Å². The van der Waals surface area contributed by atoms with E-state index in [0.29, 0.717) is 12.0 Å². The van der Waals surface area contributed by atoms with Crippen LogP contribution in [0, 0.1) is 5.41 Å². The van der Waals surface area contributed by atoms with Gasteiger partial charge < -0.3 is 5.32 Å². The lowest BCUT2D eigenvalue weighted by Gasteiger charge is -2.39. The zero-order valence-corrected chi connectivity index (χ0v) is 11.0. The summed E-state index contributed by atoms with van der Waals surface area (Å²) in [7, 11) is 0. The second-order valence-electron chi connectivity index (χ2n) is 6.01. The predicted octanol–water partition coefficient (Wildman–Crippen LogP) is 3.24. The molecule has 1 aromatic rings. The van der Waals surface area contributed by atoms with Crippen molar-refractivity contribution in [1.82, 2.24) is 5.32 Å². The average molecular weight is 243 g/mol. The van der Waals surface area contributed by atoms with Gasteiger partial charge in [-0.2, -0.15) is 0 Å². The summed E-state index contributed by atoms with van der Waals surface area (Å²) in [5.41, 5.74) is 1.72. The molecular weight excluding hydrogens is 222 g/mol. The third kappa shape index (κ3) is 1.94. The zero-order valence-electron chi connectivity index (χ0n) is 11.0. The van der Waals surface area contributed by atoms with Crippen molar-refractivity contribution in [3.05, 3.63) is 35.9 Å². The van der Waals surface area contributed by atoms with E-state index in [4.69, 9.17) is 0 Å². The number of rotatable bonds is 1. The minimum Gasteiger partial charge on any atom is -0.353 e. The SMILES string of the molecule is CC1NC(=O)CC12CCC(c1ccccc1)CC2. The fourth-order valence-corrected chi connectivity index (χ4v) is 3.78. The third-order valence-corrected chi connectivity index (χ3v) is 5.06. The van der Waals surface area contributed by atoms with E-state index < -0.39 is 0 Å². The Morgan fingerprint density at radius 2 is 1.83 bits per heavy atom. The van der Waals surface area contributed by atoms with Crippen LogP contribution in [0.1, 0.15) is 50.5 Å². The molecule has 2 aliphatic rings. The molecule has 18 heavy (non-hydrogen) atoms. The number of hydrogen-bond donors (Lipinski definition) is 1. The number of nitrogens with one attached hydrogen (secondary N) is 1. The van der Waals surface area contributed by atoms with Gasteiger partial charge in [0.15, 0.2) is 0 Å². The molecule has 1 saturated carbocycles. The summed E-state index contributed by atoms with van der Waals surface area (Å²) in [6.07, 6.45) is 5.57. The first-order chi connectivity index (χ1) is 8.70. The van der Waals surface area contributed by atoms with Crippen LogP contribution >= 0.6 is 0 Å². The topological polar surface area (TPSA) is 29.1 Å². The summed E-state index contributed by atoms with van der Waals surface area (Å²) in [6.45, 7) is 2.17.